The second-order valence-electron chi connectivity index (χ2n) is 2.86. The summed E-state index contributed by atoms with van der Waals surface area (Å²) in [5, 5.41) is 9.14. The molecule has 80 valence electrons. The molecule has 0 aromatic heterocycles. The van der Waals surface area contributed by atoms with E-state index in [1.807, 2.05) is 6.92 Å². The Morgan fingerprint density at radius 1 is 1.40 bits per heavy atom. The molecule has 0 unspecified atom stereocenters. The van der Waals surface area contributed by atoms with E-state index in [0.29, 0.717) is 23.1 Å². The topological polar surface area (TPSA) is 42.2 Å². The Morgan fingerprint density at radius 2 is 2.13 bits per heavy atom. The van der Waals surface area contributed by atoms with Gasteiger partial charge in [-0.15, -0.1) is 0 Å². The van der Waals surface area contributed by atoms with Crippen molar-refractivity contribution in [2.24, 2.45) is 0 Å². The number of methoxy groups -OCH3 is 1. The molecule has 4 heteroatoms. The predicted molar refractivity (Wildman–Crippen MR) is 58.5 cm³/mol. The zero-order valence-electron chi connectivity index (χ0n) is 8.71. The summed E-state index contributed by atoms with van der Waals surface area (Å²) in [5.41, 5.74) is 0.783. The fourth-order valence-corrected chi connectivity index (χ4v) is 1.51. The van der Waals surface area contributed by atoms with Gasteiger partial charge in [-0.05, 0) is 13.0 Å². The van der Waals surface area contributed by atoms with Crippen LogP contribution in [0.4, 0.5) is 0 Å². The average Bonchev–Trinajstić information content (AvgIpc) is 2.22. The summed E-state index contributed by atoms with van der Waals surface area (Å²) in [7, 11) is 1.54. The minimum Gasteiger partial charge on any atom is -0.495 e. The van der Waals surface area contributed by atoms with E-state index >= 15 is 0 Å². The van der Waals surface area contributed by atoms with Gasteiger partial charge in [-0.25, -0.2) is 0 Å². The summed E-state index contributed by atoms with van der Waals surface area (Å²) in [6.07, 6.45) is 0.277. The van der Waals surface area contributed by atoms with Crippen molar-refractivity contribution in [3.8, 4) is 17.6 Å². The molecule has 1 aromatic carbocycles. The molecule has 0 saturated carbocycles. The van der Waals surface area contributed by atoms with Gasteiger partial charge >= 0.3 is 0 Å². The lowest BCUT2D eigenvalue weighted by Crippen LogP contribution is -1.97. The number of nitriles is 1. The second kappa shape index (κ2) is 5.47. The first-order valence-corrected chi connectivity index (χ1v) is 4.96. The molecule has 0 aliphatic carbocycles. The SMILES string of the molecule is CCOc1cc(OC)c(Cl)cc1CC#N. The third kappa shape index (κ3) is 2.77. The van der Waals surface area contributed by atoms with Gasteiger partial charge in [0.1, 0.15) is 11.5 Å². The fraction of sp³-hybridized carbons (Fsp3) is 0.364. The summed E-state index contributed by atoms with van der Waals surface area (Å²) < 4.78 is 10.5. The first-order chi connectivity index (χ1) is 7.22. The number of benzene rings is 1. The smallest absolute Gasteiger partial charge is 0.141 e. The molecule has 0 amide bonds. The van der Waals surface area contributed by atoms with Crippen LogP contribution in [0.1, 0.15) is 12.5 Å². The van der Waals surface area contributed by atoms with Crippen LogP contribution in [0.2, 0.25) is 5.02 Å². The Kier molecular flexibility index (Phi) is 4.26. The van der Waals surface area contributed by atoms with Crippen molar-refractivity contribution in [2.45, 2.75) is 13.3 Å². The maximum atomic E-state index is 8.65. The van der Waals surface area contributed by atoms with E-state index in [0.717, 1.165) is 5.56 Å². The molecule has 1 rings (SSSR count). The number of halogens is 1. The highest BCUT2D eigenvalue weighted by Crippen LogP contribution is 2.32. The molecular weight excluding hydrogens is 214 g/mol. The maximum absolute atomic E-state index is 8.65. The van der Waals surface area contributed by atoms with E-state index in [-0.39, 0.29) is 6.42 Å². The van der Waals surface area contributed by atoms with Crippen LogP contribution in [0.5, 0.6) is 11.5 Å². The average molecular weight is 226 g/mol. The third-order valence-electron chi connectivity index (χ3n) is 1.90. The number of hydrogen-bond acceptors (Lipinski definition) is 3. The van der Waals surface area contributed by atoms with Gasteiger partial charge < -0.3 is 9.47 Å². The van der Waals surface area contributed by atoms with Crippen LogP contribution in [0.25, 0.3) is 0 Å². The molecule has 0 atom stereocenters. The molecule has 0 spiro atoms. The van der Waals surface area contributed by atoms with Crippen LogP contribution in [0.3, 0.4) is 0 Å². The van der Waals surface area contributed by atoms with Crippen LogP contribution in [0, 0.1) is 11.3 Å². The summed E-state index contributed by atoms with van der Waals surface area (Å²) in [5.74, 6) is 1.21. The molecule has 0 radical (unpaired) electrons. The number of nitrogens with zero attached hydrogens (tertiary/aromatic N) is 1. The summed E-state index contributed by atoms with van der Waals surface area (Å²) in [6, 6.07) is 5.48. The van der Waals surface area contributed by atoms with E-state index in [1.165, 1.54) is 0 Å². The van der Waals surface area contributed by atoms with Gasteiger partial charge in [0.05, 0.1) is 31.2 Å². The van der Waals surface area contributed by atoms with Crippen molar-refractivity contribution < 1.29 is 9.47 Å². The first-order valence-electron chi connectivity index (χ1n) is 4.59. The molecule has 15 heavy (non-hydrogen) atoms. The maximum Gasteiger partial charge on any atom is 0.141 e. The second-order valence-corrected chi connectivity index (χ2v) is 3.27. The van der Waals surface area contributed by atoms with Gasteiger partial charge in [-0.2, -0.15) is 5.26 Å². The minimum atomic E-state index is 0.277. The molecule has 0 saturated heterocycles. The zero-order valence-corrected chi connectivity index (χ0v) is 9.47. The molecule has 0 aliphatic rings. The standard InChI is InChI=1S/C11H12ClNO2/c1-3-15-10-7-11(14-2)9(12)6-8(10)4-5-13/h6-7H,3-4H2,1-2H3. The lowest BCUT2D eigenvalue weighted by Gasteiger charge is -2.11. The first kappa shape index (κ1) is 11.7. The molecule has 0 aliphatic heterocycles. The van der Waals surface area contributed by atoms with Crippen LogP contribution < -0.4 is 9.47 Å². The van der Waals surface area contributed by atoms with E-state index in [9.17, 15) is 0 Å². The quantitative estimate of drug-likeness (QED) is 0.791. The van der Waals surface area contributed by atoms with Gasteiger partial charge in [-0.1, -0.05) is 11.6 Å². The highest BCUT2D eigenvalue weighted by Gasteiger charge is 2.09. The van der Waals surface area contributed by atoms with E-state index in [4.69, 9.17) is 26.3 Å². The largest absolute Gasteiger partial charge is 0.495 e. The van der Waals surface area contributed by atoms with Crippen molar-refractivity contribution in [1.82, 2.24) is 0 Å². The van der Waals surface area contributed by atoms with Crippen LogP contribution in [0.15, 0.2) is 12.1 Å². The molecule has 0 fully saturated rings. The Morgan fingerprint density at radius 3 is 2.67 bits per heavy atom. The third-order valence-corrected chi connectivity index (χ3v) is 2.20. The Hall–Kier alpha value is -1.40. The monoisotopic (exact) mass is 225 g/mol. The van der Waals surface area contributed by atoms with E-state index in [2.05, 4.69) is 6.07 Å². The van der Waals surface area contributed by atoms with Crippen molar-refractivity contribution in [2.75, 3.05) is 13.7 Å². The molecular formula is C11H12ClNO2. The van der Waals surface area contributed by atoms with Gasteiger partial charge in [0.2, 0.25) is 0 Å². The van der Waals surface area contributed by atoms with Crippen molar-refractivity contribution >= 4 is 11.6 Å². The Balaban J connectivity index is 3.14. The lowest BCUT2D eigenvalue weighted by atomic mass is 10.1. The lowest BCUT2D eigenvalue weighted by molar-refractivity contribution is 0.333. The Labute approximate surface area is 94.2 Å². The number of hydrogen-bond donors (Lipinski definition) is 0. The van der Waals surface area contributed by atoms with Gasteiger partial charge in [0.15, 0.2) is 0 Å². The highest BCUT2D eigenvalue weighted by molar-refractivity contribution is 6.32. The van der Waals surface area contributed by atoms with Crippen LogP contribution >= 0.6 is 11.6 Å². The molecule has 0 heterocycles. The summed E-state index contributed by atoms with van der Waals surface area (Å²) >= 11 is 5.95. The van der Waals surface area contributed by atoms with Gasteiger partial charge in [0, 0.05) is 11.6 Å². The Bertz CT molecular complexity index is 385. The fourth-order valence-electron chi connectivity index (χ4n) is 1.25. The summed E-state index contributed by atoms with van der Waals surface area (Å²) in [6.45, 7) is 2.43. The number of ether oxygens (including phenoxy) is 2. The van der Waals surface area contributed by atoms with Crippen LogP contribution in [-0.4, -0.2) is 13.7 Å². The molecule has 3 nitrogen and oxygen atoms in total. The van der Waals surface area contributed by atoms with Crippen molar-refractivity contribution in [3.05, 3.63) is 22.7 Å². The molecule has 0 N–H and O–H groups in total. The summed E-state index contributed by atoms with van der Waals surface area (Å²) in [4.78, 5) is 0. The highest BCUT2D eigenvalue weighted by atomic mass is 35.5. The van der Waals surface area contributed by atoms with E-state index < -0.39 is 0 Å². The van der Waals surface area contributed by atoms with Crippen molar-refractivity contribution in [1.29, 1.82) is 5.26 Å². The predicted octanol–water partition coefficient (Wildman–Crippen LogP) is 2.81. The molecule has 1 aromatic rings. The molecule has 0 bridgehead atoms. The van der Waals surface area contributed by atoms with Crippen LogP contribution in [-0.2, 0) is 6.42 Å². The normalized spacial score (nSPS) is 9.47. The van der Waals surface area contributed by atoms with Gasteiger partial charge in [0.25, 0.3) is 0 Å². The van der Waals surface area contributed by atoms with Gasteiger partial charge in [-0.3, -0.25) is 0 Å². The zero-order chi connectivity index (χ0) is 11.3. The number of rotatable bonds is 4. The van der Waals surface area contributed by atoms with Crippen molar-refractivity contribution in [3.63, 3.8) is 0 Å². The minimum absolute atomic E-state index is 0.277. The van der Waals surface area contributed by atoms with E-state index in [1.54, 1.807) is 19.2 Å².